The summed E-state index contributed by atoms with van der Waals surface area (Å²) in [5.41, 5.74) is 0.870. The summed E-state index contributed by atoms with van der Waals surface area (Å²) in [6.07, 6.45) is 3.55. The number of hydrogen-bond acceptors (Lipinski definition) is 4. The second-order valence-electron chi connectivity index (χ2n) is 5.77. The van der Waals surface area contributed by atoms with E-state index in [2.05, 4.69) is 0 Å². The molecular formula is C18H21NO3S2. The molecule has 1 aliphatic rings. The first-order chi connectivity index (χ1) is 11.6. The third-order valence-electron chi connectivity index (χ3n) is 3.94. The summed E-state index contributed by atoms with van der Waals surface area (Å²) in [7, 11) is -3.50. The van der Waals surface area contributed by atoms with Gasteiger partial charge in [0.1, 0.15) is 0 Å². The summed E-state index contributed by atoms with van der Waals surface area (Å²) in [6, 6.07) is 13.4. The van der Waals surface area contributed by atoms with Crippen molar-refractivity contribution in [1.29, 1.82) is 0 Å². The molecule has 6 heteroatoms. The Morgan fingerprint density at radius 3 is 2.71 bits per heavy atom. The van der Waals surface area contributed by atoms with Crippen molar-refractivity contribution in [2.45, 2.75) is 25.5 Å². The fraction of sp³-hybridized carbons (Fsp3) is 0.333. The van der Waals surface area contributed by atoms with Crippen LogP contribution in [0.1, 0.15) is 23.3 Å². The van der Waals surface area contributed by atoms with E-state index < -0.39 is 10.0 Å². The van der Waals surface area contributed by atoms with Gasteiger partial charge in [0, 0.05) is 30.0 Å². The molecule has 2 aromatic rings. The van der Waals surface area contributed by atoms with Gasteiger partial charge in [0.2, 0.25) is 10.0 Å². The zero-order valence-electron chi connectivity index (χ0n) is 13.4. The first kappa shape index (κ1) is 17.4. The summed E-state index contributed by atoms with van der Waals surface area (Å²) in [4.78, 5) is 1.03. The fourth-order valence-corrected chi connectivity index (χ4v) is 4.66. The van der Waals surface area contributed by atoms with Crippen molar-refractivity contribution < 1.29 is 13.2 Å². The maximum atomic E-state index is 12.8. The van der Waals surface area contributed by atoms with Crippen molar-refractivity contribution in [3.05, 3.63) is 63.7 Å². The largest absolute Gasteiger partial charge is 0.377 e. The molecule has 0 radical (unpaired) electrons. The number of hydrogen-bond donors (Lipinski definition) is 0. The summed E-state index contributed by atoms with van der Waals surface area (Å²) in [6.45, 7) is 1.51. The first-order valence-electron chi connectivity index (χ1n) is 8.01. The van der Waals surface area contributed by atoms with Crippen molar-refractivity contribution in [2.24, 2.45) is 0 Å². The molecule has 1 aliphatic heterocycles. The van der Waals surface area contributed by atoms with Gasteiger partial charge in [-0.1, -0.05) is 36.4 Å². The Hall–Kier alpha value is -1.47. The second kappa shape index (κ2) is 8.07. The molecular weight excluding hydrogens is 342 g/mol. The fourth-order valence-electron chi connectivity index (χ4n) is 2.66. The molecule has 1 aromatic carbocycles. The van der Waals surface area contributed by atoms with E-state index in [-0.39, 0.29) is 6.10 Å². The molecule has 24 heavy (non-hydrogen) atoms. The average molecular weight is 364 g/mol. The zero-order valence-corrected chi connectivity index (χ0v) is 15.0. The minimum atomic E-state index is -3.50. The highest BCUT2D eigenvalue weighted by molar-refractivity contribution is 7.92. The molecule has 1 aromatic heterocycles. The van der Waals surface area contributed by atoms with Crippen LogP contribution in [0.2, 0.25) is 0 Å². The molecule has 2 heterocycles. The monoisotopic (exact) mass is 363 g/mol. The van der Waals surface area contributed by atoms with Crippen LogP contribution in [-0.4, -0.2) is 32.0 Å². The molecule has 1 fully saturated rings. The van der Waals surface area contributed by atoms with Gasteiger partial charge in [-0.15, -0.1) is 11.3 Å². The minimum absolute atomic E-state index is 0.00939. The van der Waals surface area contributed by atoms with E-state index in [9.17, 15) is 8.42 Å². The van der Waals surface area contributed by atoms with E-state index in [1.807, 2.05) is 47.8 Å². The lowest BCUT2D eigenvalue weighted by molar-refractivity contribution is 0.0930. The predicted octanol–water partition coefficient (Wildman–Crippen LogP) is 3.73. The van der Waals surface area contributed by atoms with Crippen LogP contribution >= 0.6 is 11.3 Å². The number of sulfonamides is 1. The molecule has 0 amide bonds. The predicted molar refractivity (Wildman–Crippen MR) is 98.1 cm³/mol. The summed E-state index contributed by atoms with van der Waals surface area (Å²) in [5, 5.41) is 3.26. The van der Waals surface area contributed by atoms with Crippen molar-refractivity contribution in [2.75, 3.05) is 13.2 Å². The van der Waals surface area contributed by atoms with Gasteiger partial charge in [-0.2, -0.15) is 4.31 Å². The summed E-state index contributed by atoms with van der Waals surface area (Å²) < 4.78 is 32.8. The third kappa shape index (κ3) is 4.77. The van der Waals surface area contributed by atoms with Crippen LogP contribution in [0, 0.1) is 0 Å². The quantitative estimate of drug-likeness (QED) is 0.753. The number of nitrogens with zero attached hydrogens (tertiary/aromatic N) is 1. The lowest BCUT2D eigenvalue weighted by atomic mass is 10.2. The Kier molecular flexibility index (Phi) is 5.84. The number of rotatable bonds is 7. The maximum Gasteiger partial charge on any atom is 0.236 e. The van der Waals surface area contributed by atoms with Crippen LogP contribution in [0.25, 0.3) is 6.08 Å². The van der Waals surface area contributed by atoms with E-state index in [1.165, 1.54) is 9.71 Å². The number of ether oxygens (including phenoxy) is 1. The number of thiophene rings is 1. The molecule has 0 spiro atoms. The van der Waals surface area contributed by atoms with Crippen molar-refractivity contribution in [3.63, 3.8) is 0 Å². The Morgan fingerprint density at radius 1 is 1.21 bits per heavy atom. The van der Waals surface area contributed by atoms with Crippen molar-refractivity contribution in [1.82, 2.24) is 4.31 Å². The molecule has 1 saturated heterocycles. The van der Waals surface area contributed by atoms with Crippen molar-refractivity contribution >= 4 is 27.4 Å². The van der Waals surface area contributed by atoms with Crippen LogP contribution in [0.5, 0.6) is 0 Å². The molecule has 0 bridgehead atoms. The Morgan fingerprint density at radius 2 is 2.04 bits per heavy atom. The second-order valence-corrected chi connectivity index (χ2v) is 8.62. The Labute approximate surface area is 147 Å². The molecule has 0 aliphatic carbocycles. The standard InChI is InChI=1S/C18H21NO3S2/c20-24(21,13-10-16-6-2-1-3-7-16)19(14-17-8-4-11-22-17)15-18-9-5-12-23-18/h1-3,5-7,9-10,12-13,17H,4,8,11,14-15H2/b13-10+/t17-/m0/s1. The van der Waals surface area contributed by atoms with Gasteiger partial charge < -0.3 is 4.74 Å². The maximum absolute atomic E-state index is 12.8. The van der Waals surface area contributed by atoms with Crippen molar-refractivity contribution in [3.8, 4) is 0 Å². The number of benzene rings is 1. The molecule has 3 rings (SSSR count). The van der Waals surface area contributed by atoms with Gasteiger partial charge in [0.05, 0.1) is 6.10 Å². The minimum Gasteiger partial charge on any atom is -0.377 e. The van der Waals surface area contributed by atoms with Crippen LogP contribution in [0.15, 0.2) is 53.3 Å². The van der Waals surface area contributed by atoms with E-state index >= 15 is 0 Å². The molecule has 128 valence electrons. The third-order valence-corrected chi connectivity index (χ3v) is 6.27. The SMILES string of the molecule is O=S(=O)(/C=C/c1ccccc1)N(Cc1cccs1)C[C@@H]1CCCO1. The highest BCUT2D eigenvalue weighted by atomic mass is 32.2. The van der Waals surface area contributed by atoms with Gasteiger partial charge in [0.25, 0.3) is 0 Å². The normalized spacial score (nSPS) is 18.6. The van der Waals surface area contributed by atoms with E-state index in [1.54, 1.807) is 17.4 Å². The van der Waals surface area contributed by atoms with Gasteiger partial charge >= 0.3 is 0 Å². The van der Waals surface area contributed by atoms with Gasteiger partial charge in [-0.05, 0) is 35.9 Å². The van der Waals surface area contributed by atoms with E-state index in [0.717, 1.165) is 29.9 Å². The average Bonchev–Trinajstić information content (AvgIpc) is 3.27. The molecule has 1 atom stereocenters. The van der Waals surface area contributed by atoms with Crippen LogP contribution < -0.4 is 0 Å². The topological polar surface area (TPSA) is 46.6 Å². The highest BCUT2D eigenvalue weighted by Crippen LogP contribution is 2.20. The Balaban J connectivity index is 1.77. The summed E-state index contributed by atoms with van der Waals surface area (Å²) >= 11 is 1.57. The van der Waals surface area contributed by atoms with Gasteiger partial charge in [-0.25, -0.2) is 8.42 Å². The van der Waals surface area contributed by atoms with E-state index in [4.69, 9.17) is 4.74 Å². The van der Waals surface area contributed by atoms with Crippen LogP contribution in [0.4, 0.5) is 0 Å². The van der Waals surface area contributed by atoms with Gasteiger partial charge in [-0.3, -0.25) is 0 Å². The highest BCUT2D eigenvalue weighted by Gasteiger charge is 2.26. The smallest absolute Gasteiger partial charge is 0.236 e. The van der Waals surface area contributed by atoms with Crippen LogP contribution in [0.3, 0.4) is 0 Å². The summed E-state index contributed by atoms with van der Waals surface area (Å²) in [5.74, 6) is 0. The van der Waals surface area contributed by atoms with Crippen LogP contribution in [-0.2, 0) is 21.3 Å². The van der Waals surface area contributed by atoms with E-state index in [0.29, 0.717) is 13.1 Å². The molecule has 4 nitrogen and oxygen atoms in total. The molecule has 0 unspecified atom stereocenters. The first-order valence-corrected chi connectivity index (χ1v) is 10.4. The molecule has 0 saturated carbocycles. The Bertz CT molecular complexity index is 749. The lowest BCUT2D eigenvalue weighted by Crippen LogP contribution is -2.35. The lowest BCUT2D eigenvalue weighted by Gasteiger charge is -2.22. The van der Waals surface area contributed by atoms with Gasteiger partial charge in [0.15, 0.2) is 0 Å². The molecule has 0 N–H and O–H groups in total. The zero-order chi connectivity index (χ0) is 16.8.